The zero-order valence-electron chi connectivity index (χ0n) is 31.9. The molecule has 0 aliphatic heterocycles. The minimum Gasteiger partial charge on any atom is -0.313 e. The monoisotopic (exact) mass is 718 g/mol. The van der Waals surface area contributed by atoms with Crippen LogP contribution in [0.15, 0.2) is 200 Å². The van der Waals surface area contributed by atoms with Crippen molar-refractivity contribution >= 4 is 28.0 Å². The molecule has 1 heterocycles. The molecule has 0 amide bonds. The number of aromatic nitrogens is 1. The van der Waals surface area contributed by atoms with Crippen molar-refractivity contribution in [2.75, 3.05) is 4.90 Å². The van der Waals surface area contributed by atoms with Gasteiger partial charge >= 0.3 is 0 Å². The zero-order chi connectivity index (χ0) is 37.8. The molecule has 10 rings (SSSR count). The third-order valence-electron chi connectivity index (χ3n) is 11.8. The van der Waals surface area contributed by atoms with Gasteiger partial charge in [0.1, 0.15) is 0 Å². The molecule has 1 aliphatic rings. The molecule has 0 fully saturated rings. The fourth-order valence-corrected chi connectivity index (χ4v) is 8.99. The van der Waals surface area contributed by atoms with Crippen LogP contribution in [0.2, 0.25) is 0 Å². The fraction of sp³-hybridized carbons (Fsp3) is 0.0741. The predicted molar refractivity (Wildman–Crippen MR) is 237 cm³/mol. The van der Waals surface area contributed by atoms with Gasteiger partial charge in [0.05, 0.1) is 5.52 Å². The van der Waals surface area contributed by atoms with E-state index in [1.807, 2.05) is 0 Å². The highest BCUT2D eigenvalue weighted by atomic mass is 15.1. The minimum absolute atomic E-state index is 0.0936. The minimum atomic E-state index is -0.0936. The third-order valence-corrected chi connectivity index (χ3v) is 11.8. The van der Waals surface area contributed by atoms with Gasteiger partial charge in [-0.2, -0.15) is 0 Å². The lowest BCUT2D eigenvalue weighted by Gasteiger charge is -2.28. The molecule has 0 bridgehead atoms. The van der Waals surface area contributed by atoms with E-state index in [0.717, 1.165) is 17.1 Å². The number of rotatable bonds is 7. The molecule has 0 atom stereocenters. The van der Waals surface area contributed by atoms with Crippen molar-refractivity contribution in [3.63, 3.8) is 0 Å². The highest BCUT2D eigenvalue weighted by Gasteiger charge is 2.35. The molecule has 0 saturated heterocycles. The SMILES string of the molecule is Cc1c(-c2ccccc2)c2cc(-c3ccc(N(c4ccc(-c5ccccc5)cc4)c4ccc5c(c4)C(C)(C)c4ccccc4-5)cc3)ccc2n1-c1ccccc1. The van der Waals surface area contributed by atoms with Crippen molar-refractivity contribution in [3.05, 3.63) is 217 Å². The molecule has 1 aromatic heterocycles. The Morgan fingerprint density at radius 3 is 1.57 bits per heavy atom. The van der Waals surface area contributed by atoms with E-state index in [0.29, 0.717) is 0 Å². The lowest BCUT2D eigenvalue weighted by molar-refractivity contribution is 0.660. The standard InChI is InChI=1S/C54H42N2/c1-37-53(41-17-9-5-10-18-41)49-35-42(27-34-52(49)55(37)43-19-11-6-12-20-43)40-25-30-45(31-26-40)56(44-28-23-39(24-29-44)38-15-7-4-8-16-38)46-32-33-48-47-21-13-14-22-50(47)54(2,3)51(48)36-46/h4-36H,1-3H3. The first-order chi connectivity index (χ1) is 27.5. The molecular weight excluding hydrogens is 677 g/mol. The van der Waals surface area contributed by atoms with E-state index < -0.39 is 0 Å². The Balaban J connectivity index is 1.08. The molecule has 0 saturated carbocycles. The molecule has 0 radical (unpaired) electrons. The van der Waals surface area contributed by atoms with Crippen molar-refractivity contribution in [3.8, 4) is 50.2 Å². The van der Waals surface area contributed by atoms with E-state index in [4.69, 9.17) is 0 Å². The fourth-order valence-electron chi connectivity index (χ4n) is 8.99. The molecule has 268 valence electrons. The van der Waals surface area contributed by atoms with Gasteiger partial charge in [-0.3, -0.25) is 0 Å². The summed E-state index contributed by atoms with van der Waals surface area (Å²) in [6.07, 6.45) is 0. The Kier molecular flexibility index (Phi) is 8.08. The van der Waals surface area contributed by atoms with E-state index in [1.165, 1.54) is 77.9 Å². The van der Waals surface area contributed by atoms with Crippen molar-refractivity contribution in [2.45, 2.75) is 26.2 Å². The predicted octanol–water partition coefficient (Wildman–Crippen LogP) is 14.7. The van der Waals surface area contributed by atoms with Gasteiger partial charge in [0.2, 0.25) is 0 Å². The summed E-state index contributed by atoms with van der Waals surface area (Å²) >= 11 is 0. The Bertz CT molecular complexity index is 2850. The van der Waals surface area contributed by atoms with Crippen LogP contribution in [0.3, 0.4) is 0 Å². The molecule has 8 aromatic carbocycles. The van der Waals surface area contributed by atoms with E-state index in [2.05, 4.69) is 230 Å². The molecule has 9 aromatic rings. The summed E-state index contributed by atoms with van der Waals surface area (Å²) in [4.78, 5) is 2.40. The van der Waals surface area contributed by atoms with Gasteiger partial charge in [-0.15, -0.1) is 0 Å². The lowest BCUT2D eigenvalue weighted by atomic mass is 9.82. The Morgan fingerprint density at radius 2 is 0.911 bits per heavy atom. The summed E-state index contributed by atoms with van der Waals surface area (Å²) in [5, 5.41) is 1.25. The van der Waals surface area contributed by atoms with Crippen molar-refractivity contribution in [1.29, 1.82) is 0 Å². The van der Waals surface area contributed by atoms with Crippen LogP contribution in [-0.2, 0) is 5.41 Å². The first-order valence-corrected chi connectivity index (χ1v) is 19.5. The van der Waals surface area contributed by atoms with Gasteiger partial charge in [-0.1, -0.05) is 153 Å². The molecule has 2 heteroatoms. The highest BCUT2D eigenvalue weighted by Crippen LogP contribution is 2.51. The number of anilines is 3. The van der Waals surface area contributed by atoms with Crippen molar-refractivity contribution in [1.82, 2.24) is 4.57 Å². The molecule has 1 aliphatic carbocycles. The maximum absolute atomic E-state index is 2.41. The second-order valence-corrected chi connectivity index (χ2v) is 15.4. The lowest BCUT2D eigenvalue weighted by Crippen LogP contribution is -2.16. The zero-order valence-corrected chi connectivity index (χ0v) is 31.9. The van der Waals surface area contributed by atoms with E-state index in [-0.39, 0.29) is 5.41 Å². The third kappa shape index (κ3) is 5.57. The van der Waals surface area contributed by atoms with Crippen molar-refractivity contribution < 1.29 is 0 Å². The van der Waals surface area contributed by atoms with Crippen LogP contribution in [0.1, 0.15) is 30.7 Å². The summed E-state index contributed by atoms with van der Waals surface area (Å²) in [6, 6.07) is 73.0. The van der Waals surface area contributed by atoms with E-state index >= 15 is 0 Å². The van der Waals surface area contributed by atoms with E-state index in [9.17, 15) is 0 Å². The first kappa shape index (κ1) is 33.7. The van der Waals surface area contributed by atoms with Gasteiger partial charge in [0.15, 0.2) is 0 Å². The molecule has 0 N–H and O–H groups in total. The second kappa shape index (κ2) is 13.4. The second-order valence-electron chi connectivity index (χ2n) is 15.4. The average molecular weight is 719 g/mol. The summed E-state index contributed by atoms with van der Waals surface area (Å²) in [5.41, 5.74) is 19.6. The largest absolute Gasteiger partial charge is 0.313 e. The molecule has 0 unspecified atom stereocenters. The quantitative estimate of drug-likeness (QED) is 0.159. The van der Waals surface area contributed by atoms with Crippen LogP contribution < -0.4 is 4.90 Å². The normalized spacial score (nSPS) is 12.7. The topological polar surface area (TPSA) is 8.17 Å². The first-order valence-electron chi connectivity index (χ1n) is 19.5. The summed E-state index contributed by atoms with van der Waals surface area (Å²) in [5.74, 6) is 0. The molecule has 56 heavy (non-hydrogen) atoms. The Labute approximate surface area is 329 Å². The Hall–Kier alpha value is -6.90. The maximum Gasteiger partial charge on any atom is 0.0538 e. The molecule has 2 nitrogen and oxygen atoms in total. The van der Waals surface area contributed by atoms with Gasteiger partial charge in [-0.05, 0) is 118 Å². The van der Waals surface area contributed by atoms with Gasteiger partial charge in [0.25, 0.3) is 0 Å². The van der Waals surface area contributed by atoms with Crippen LogP contribution in [0.5, 0.6) is 0 Å². The number of benzene rings is 8. The van der Waals surface area contributed by atoms with Gasteiger partial charge in [0, 0.05) is 44.8 Å². The maximum atomic E-state index is 2.41. The van der Waals surface area contributed by atoms with Crippen LogP contribution in [0.25, 0.3) is 61.1 Å². The number of nitrogens with zero attached hydrogens (tertiary/aromatic N) is 2. The number of para-hydroxylation sites is 1. The summed E-state index contributed by atoms with van der Waals surface area (Å²) in [6.45, 7) is 6.94. The number of fused-ring (bicyclic) bond motifs is 4. The number of hydrogen-bond donors (Lipinski definition) is 0. The van der Waals surface area contributed by atoms with E-state index in [1.54, 1.807) is 0 Å². The Morgan fingerprint density at radius 1 is 0.411 bits per heavy atom. The summed E-state index contributed by atoms with van der Waals surface area (Å²) < 4.78 is 2.39. The van der Waals surface area contributed by atoms with Crippen LogP contribution in [0, 0.1) is 6.92 Å². The highest BCUT2D eigenvalue weighted by molar-refractivity contribution is 6.01. The van der Waals surface area contributed by atoms with Crippen LogP contribution in [-0.4, -0.2) is 4.57 Å². The van der Waals surface area contributed by atoms with Gasteiger partial charge < -0.3 is 9.47 Å². The van der Waals surface area contributed by atoms with Crippen LogP contribution in [0.4, 0.5) is 17.1 Å². The average Bonchev–Trinajstić information content (AvgIpc) is 3.68. The number of hydrogen-bond acceptors (Lipinski definition) is 1. The molecule has 0 spiro atoms. The van der Waals surface area contributed by atoms with Gasteiger partial charge in [-0.25, -0.2) is 0 Å². The van der Waals surface area contributed by atoms with Crippen molar-refractivity contribution in [2.24, 2.45) is 0 Å². The summed E-state index contributed by atoms with van der Waals surface area (Å²) in [7, 11) is 0. The molecular formula is C54H42N2. The van der Waals surface area contributed by atoms with Crippen LogP contribution >= 0.6 is 0 Å². The smallest absolute Gasteiger partial charge is 0.0538 e.